The van der Waals surface area contributed by atoms with Crippen LogP contribution in [0.4, 0.5) is 0 Å². The average Bonchev–Trinajstić information content (AvgIpc) is 2.64. The summed E-state index contributed by atoms with van der Waals surface area (Å²) in [7, 11) is 0. The molecule has 3 rings (SSSR count). The second-order valence-electron chi connectivity index (χ2n) is 5.31. The molecule has 2 heteroatoms. The highest BCUT2D eigenvalue weighted by Crippen LogP contribution is 2.20. The third kappa shape index (κ3) is 5.37. The molecule has 0 radical (unpaired) electrons. The number of hydrogen-bond acceptors (Lipinski definition) is 2. The summed E-state index contributed by atoms with van der Waals surface area (Å²) in [6, 6.07) is 28.9. The fourth-order valence-electron chi connectivity index (χ4n) is 2.19. The molecule has 0 aliphatic rings. The molecule has 3 aromatic rings. The summed E-state index contributed by atoms with van der Waals surface area (Å²) in [6.07, 6.45) is -0.858. The summed E-state index contributed by atoms with van der Waals surface area (Å²) in [5.41, 5.74) is 2.83. The van der Waals surface area contributed by atoms with E-state index in [4.69, 9.17) is 5.11 Å². The van der Waals surface area contributed by atoms with Crippen molar-refractivity contribution < 1.29 is 10.2 Å². The Kier molecular flexibility index (Phi) is 6.55. The number of aliphatic hydroxyl groups excluding tert-OH is 2. The van der Waals surface area contributed by atoms with Gasteiger partial charge in [-0.25, -0.2) is 0 Å². The highest BCUT2D eigenvalue weighted by atomic mass is 16.3. The van der Waals surface area contributed by atoms with E-state index < -0.39 is 6.10 Å². The zero-order valence-corrected chi connectivity index (χ0v) is 13.2. The molecule has 1 unspecified atom stereocenters. The Balaban J connectivity index is 0.000000185. The van der Waals surface area contributed by atoms with Gasteiger partial charge in [0.05, 0.1) is 6.10 Å². The first kappa shape index (κ1) is 16.9. The second kappa shape index (κ2) is 8.89. The van der Waals surface area contributed by atoms with Gasteiger partial charge in [-0.15, -0.1) is 0 Å². The smallest absolute Gasteiger partial charge is 0.104 e. The lowest BCUT2D eigenvalue weighted by molar-refractivity contribution is 0.199. The van der Waals surface area contributed by atoms with Crippen LogP contribution in [0.15, 0.2) is 91.0 Å². The maximum Gasteiger partial charge on any atom is 0.104 e. The minimum absolute atomic E-state index is 0.341. The third-order valence-corrected chi connectivity index (χ3v) is 3.51. The maximum atomic E-state index is 9.99. The van der Waals surface area contributed by atoms with E-state index in [2.05, 4.69) is 0 Å². The van der Waals surface area contributed by atoms with Gasteiger partial charge < -0.3 is 10.2 Å². The molecule has 0 amide bonds. The van der Waals surface area contributed by atoms with Gasteiger partial charge in [-0.1, -0.05) is 91.0 Å². The summed E-state index contributed by atoms with van der Waals surface area (Å²) in [5.74, 6) is 0. The summed E-state index contributed by atoms with van der Waals surface area (Å²) in [5, 5.41) is 19.0. The Bertz CT molecular complexity index is 624. The van der Waals surface area contributed by atoms with E-state index in [0.717, 1.165) is 16.7 Å². The van der Waals surface area contributed by atoms with Crippen molar-refractivity contribution in [1.82, 2.24) is 0 Å². The Morgan fingerprint density at radius 3 is 1.09 bits per heavy atom. The van der Waals surface area contributed by atoms with Gasteiger partial charge in [-0.05, 0) is 23.6 Å². The minimum Gasteiger partial charge on any atom is -0.389 e. The van der Waals surface area contributed by atoms with E-state index in [1.165, 1.54) is 0 Å². The van der Waals surface area contributed by atoms with Crippen molar-refractivity contribution in [1.29, 1.82) is 0 Å². The summed E-state index contributed by atoms with van der Waals surface area (Å²) in [6.45, 7) is 1.76. The highest BCUT2D eigenvalue weighted by molar-refractivity contribution is 5.29. The molecule has 118 valence electrons. The van der Waals surface area contributed by atoms with E-state index in [-0.39, 0.29) is 6.10 Å². The van der Waals surface area contributed by atoms with Gasteiger partial charge in [0.2, 0.25) is 0 Å². The largest absolute Gasteiger partial charge is 0.389 e. The van der Waals surface area contributed by atoms with E-state index in [0.29, 0.717) is 0 Å². The molecule has 0 fully saturated rings. The van der Waals surface area contributed by atoms with Crippen molar-refractivity contribution in [2.45, 2.75) is 19.1 Å². The molecule has 1 atom stereocenters. The van der Waals surface area contributed by atoms with Gasteiger partial charge in [0.1, 0.15) is 6.10 Å². The third-order valence-electron chi connectivity index (χ3n) is 3.51. The molecular formula is C21H22O2. The molecule has 2 nitrogen and oxygen atoms in total. The van der Waals surface area contributed by atoms with Crippen molar-refractivity contribution in [3.8, 4) is 0 Å². The zero-order chi connectivity index (χ0) is 16.5. The Morgan fingerprint density at radius 2 is 0.826 bits per heavy atom. The van der Waals surface area contributed by atoms with Crippen LogP contribution >= 0.6 is 0 Å². The number of aliphatic hydroxyl groups is 2. The normalized spacial score (nSPS) is 11.5. The van der Waals surface area contributed by atoms with Crippen LogP contribution in [0.25, 0.3) is 0 Å². The predicted molar refractivity (Wildman–Crippen MR) is 94.0 cm³/mol. The standard InChI is InChI=1S/C13H12O.C8H10O/c14-13(11-7-3-1-4-8-11)12-9-5-2-6-10-12;1-7(9)8-5-3-2-4-6-8/h1-10,13-14H;2-7,9H,1H3. The van der Waals surface area contributed by atoms with Gasteiger partial charge in [0, 0.05) is 0 Å². The van der Waals surface area contributed by atoms with Gasteiger partial charge in [0.15, 0.2) is 0 Å². The van der Waals surface area contributed by atoms with Crippen LogP contribution < -0.4 is 0 Å². The highest BCUT2D eigenvalue weighted by Gasteiger charge is 2.07. The van der Waals surface area contributed by atoms with Crippen LogP contribution in [0.3, 0.4) is 0 Å². The quantitative estimate of drug-likeness (QED) is 0.747. The van der Waals surface area contributed by atoms with Crippen LogP contribution in [0.1, 0.15) is 35.8 Å². The lowest BCUT2D eigenvalue weighted by Crippen LogP contribution is -1.98. The van der Waals surface area contributed by atoms with Gasteiger partial charge in [-0.2, -0.15) is 0 Å². The fourth-order valence-corrected chi connectivity index (χ4v) is 2.19. The second-order valence-corrected chi connectivity index (χ2v) is 5.31. The average molecular weight is 306 g/mol. The molecule has 0 aliphatic carbocycles. The molecule has 0 spiro atoms. The van der Waals surface area contributed by atoms with E-state index in [9.17, 15) is 5.11 Å². The predicted octanol–water partition coefficient (Wildman–Crippen LogP) is 4.51. The number of rotatable bonds is 3. The summed E-state index contributed by atoms with van der Waals surface area (Å²) in [4.78, 5) is 0. The molecule has 0 bridgehead atoms. The van der Waals surface area contributed by atoms with Crippen LogP contribution in [0.2, 0.25) is 0 Å². The Hall–Kier alpha value is -2.42. The van der Waals surface area contributed by atoms with Gasteiger partial charge >= 0.3 is 0 Å². The Morgan fingerprint density at radius 1 is 0.522 bits per heavy atom. The SMILES string of the molecule is CC(O)c1ccccc1.OC(c1ccccc1)c1ccccc1. The van der Waals surface area contributed by atoms with Crippen LogP contribution in [0, 0.1) is 0 Å². The van der Waals surface area contributed by atoms with Crippen molar-refractivity contribution in [3.63, 3.8) is 0 Å². The monoisotopic (exact) mass is 306 g/mol. The molecule has 0 aromatic heterocycles. The van der Waals surface area contributed by atoms with E-state index in [1.54, 1.807) is 6.92 Å². The first-order chi connectivity index (χ1) is 11.2. The van der Waals surface area contributed by atoms with Crippen LogP contribution in [0.5, 0.6) is 0 Å². The summed E-state index contributed by atoms with van der Waals surface area (Å²) >= 11 is 0. The van der Waals surface area contributed by atoms with Gasteiger partial charge in [0.25, 0.3) is 0 Å². The van der Waals surface area contributed by atoms with E-state index >= 15 is 0 Å². The Labute approximate surface area is 137 Å². The molecule has 23 heavy (non-hydrogen) atoms. The van der Waals surface area contributed by atoms with E-state index in [1.807, 2.05) is 91.0 Å². The minimum atomic E-state index is -0.516. The molecule has 0 aliphatic heterocycles. The lowest BCUT2D eigenvalue weighted by Gasteiger charge is -2.10. The van der Waals surface area contributed by atoms with Gasteiger partial charge in [-0.3, -0.25) is 0 Å². The topological polar surface area (TPSA) is 40.5 Å². The fraction of sp³-hybridized carbons (Fsp3) is 0.143. The first-order valence-electron chi connectivity index (χ1n) is 7.69. The summed E-state index contributed by atoms with van der Waals surface area (Å²) < 4.78 is 0. The lowest BCUT2D eigenvalue weighted by atomic mass is 10.0. The van der Waals surface area contributed by atoms with Crippen molar-refractivity contribution >= 4 is 0 Å². The van der Waals surface area contributed by atoms with Crippen LogP contribution in [-0.4, -0.2) is 10.2 Å². The maximum absolute atomic E-state index is 9.99. The molecular weight excluding hydrogens is 284 g/mol. The van der Waals surface area contributed by atoms with Crippen molar-refractivity contribution in [2.75, 3.05) is 0 Å². The van der Waals surface area contributed by atoms with Crippen LogP contribution in [-0.2, 0) is 0 Å². The molecule has 3 aromatic carbocycles. The molecule has 2 N–H and O–H groups in total. The first-order valence-corrected chi connectivity index (χ1v) is 7.69. The number of hydrogen-bond donors (Lipinski definition) is 2. The zero-order valence-electron chi connectivity index (χ0n) is 13.2. The van der Waals surface area contributed by atoms with Crippen molar-refractivity contribution in [2.24, 2.45) is 0 Å². The number of benzene rings is 3. The van der Waals surface area contributed by atoms with Crippen molar-refractivity contribution in [3.05, 3.63) is 108 Å². The molecule has 0 heterocycles. The molecule has 0 saturated carbocycles. The molecule has 0 saturated heterocycles.